The number of aryl methyl sites for hydroxylation is 1. The van der Waals surface area contributed by atoms with Crippen LogP contribution in [0.4, 0.5) is 4.39 Å². The van der Waals surface area contributed by atoms with Crippen LogP contribution in [0.2, 0.25) is 0 Å². The third-order valence-electron chi connectivity index (χ3n) is 8.76. The van der Waals surface area contributed by atoms with Crippen molar-refractivity contribution in [3.05, 3.63) is 53.1 Å². The van der Waals surface area contributed by atoms with E-state index in [0.717, 1.165) is 74.3 Å². The molecule has 2 aliphatic carbocycles. The summed E-state index contributed by atoms with van der Waals surface area (Å²) in [5.74, 6) is 1.05. The smallest absolute Gasteiger partial charge is 0.125 e. The Labute approximate surface area is 205 Å². The van der Waals surface area contributed by atoms with Crippen LogP contribution in [0.25, 0.3) is 5.57 Å². The maximum Gasteiger partial charge on any atom is 0.125 e. The van der Waals surface area contributed by atoms with Gasteiger partial charge in [0.2, 0.25) is 0 Å². The van der Waals surface area contributed by atoms with Gasteiger partial charge < -0.3 is 15.2 Å². The molecule has 0 radical (unpaired) electrons. The number of aromatic hydroxyl groups is 1. The van der Waals surface area contributed by atoms with Crippen molar-refractivity contribution in [1.29, 1.82) is 0 Å². The first kappa shape index (κ1) is 23.2. The van der Waals surface area contributed by atoms with Gasteiger partial charge in [-0.3, -0.25) is 10.3 Å². The van der Waals surface area contributed by atoms with Crippen LogP contribution < -0.4 is 10.9 Å². The molecule has 5 unspecified atom stereocenters. The van der Waals surface area contributed by atoms with Gasteiger partial charge in [-0.1, -0.05) is 19.1 Å². The summed E-state index contributed by atoms with van der Waals surface area (Å²) in [6.07, 6.45) is 8.26. The topological polar surface area (TPSA) is 96.4 Å². The molecule has 188 valence electrons. The highest BCUT2D eigenvalue weighted by atomic mass is 19.1. The summed E-state index contributed by atoms with van der Waals surface area (Å²) in [4.78, 5) is 10.7. The zero-order chi connectivity index (χ0) is 24.1. The Morgan fingerprint density at radius 1 is 1.20 bits per heavy atom. The molecule has 6 rings (SSSR count). The summed E-state index contributed by atoms with van der Waals surface area (Å²) in [6, 6.07) is 5.50. The van der Waals surface area contributed by atoms with Gasteiger partial charge in [-0.05, 0) is 67.4 Å². The average Bonchev–Trinajstić information content (AvgIpc) is 3.50. The lowest BCUT2D eigenvalue weighted by atomic mass is 9.71. The minimum absolute atomic E-state index is 0.0551. The van der Waals surface area contributed by atoms with E-state index < -0.39 is 6.17 Å². The van der Waals surface area contributed by atoms with Gasteiger partial charge in [-0.25, -0.2) is 14.8 Å². The molecule has 0 spiro atoms. The molecule has 2 saturated carbocycles. The lowest BCUT2D eigenvalue weighted by Crippen LogP contribution is -2.48. The number of H-pyrrole nitrogens is 1. The van der Waals surface area contributed by atoms with Crippen LogP contribution in [0, 0.1) is 5.92 Å². The van der Waals surface area contributed by atoms with Gasteiger partial charge in [0.05, 0.1) is 30.1 Å². The molecule has 3 fully saturated rings. The number of nitrogens with one attached hydrogen (secondary N) is 3. The molecule has 5 N–H and O–H groups in total. The van der Waals surface area contributed by atoms with Crippen molar-refractivity contribution in [3.8, 4) is 5.75 Å². The van der Waals surface area contributed by atoms with Crippen molar-refractivity contribution in [2.24, 2.45) is 5.92 Å². The number of aliphatic hydroxyl groups is 1. The molecule has 8 heteroatoms. The third kappa shape index (κ3) is 4.20. The average molecular weight is 482 g/mol. The van der Waals surface area contributed by atoms with E-state index in [2.05, 4.69) is 26.8 Å². The second-order valence-electron chi connectivity index (χ2n) is 10.8. The lowest BCUT2D eigenvalue weighted by molar-refractivity contribution is 0.00655. The number of phenolic OH excluding ortho intramolecular Hbond substituents is 1. The number of nitrogens with zero attached hydrogens (tertiary/aromatic N) is 2. The van der Waals surface area contributed by atoms with Gasteiger partial charge in [0.25, 0.3) is 0 Å². The van der Waals surface area contributed by atoms with E-state index >= 15 is 4.39 Å². The highest BCUT2D eigenvalue weighted by Gasteiger charge is 2.48. The molecule has 0 amide bonds. The number of hydrogen-bond acceptors (Lipinski definition) is 6. The van der Waals surface area contributed by atoms with E-state index in [9.17, 15) is 10.2 Å². The molecule has 3 heterocycles. The van der Waals surface area contributed by atoms with Crippen molar-refractivity contribution in [3.63, 3.8) is 0 Å². The standard InChI is InChI=1S/C27H36FN5O2/c1-2-15-10-18(34)5-6-20(15)21-7-8-22-25(24(21)28)31-32-26(22)27-29-13-23(30-27)16-4-3-9-33(14-16)17-11-19(35)12-17/h4-6,10,13,17,19,21-22,24-26,31-32,34-35H,2-3,7-9,11-12,14H2,1H3,(H,29,30). The summed E-state index contributed by atoms with van der Waals surface area (Å²) >= 11 is 0. The molecule has 1 aromatic heterocycles. The second-order valence-corrected chi connectivity index (χ2v) is 10.8. The van der Waals surface area contributed by atoms with E-state index in [1.54, 1.807) is 12.1 Å². The molecule has 1 aromatic carbocycles. The number of fused-ring (bicyclic) bond motifs is 1. The molecule has 2 aliphatic heterocycles. The number of hydrazine groups is 1. The van der Waals surface area contributed by atoms with Crippen molar-refractivity contribution in [2.45, 2.75) is 81.8 Å². The largest absolute Gasteiger partial charge is 0.508 e. The van der Waals surface area contributed by atoms with Crippen LogP contribution in [0.15, 0.2) is 30.5 Å². The quantitative estimate of drug-likeness (QED) is 0.450. The normalized spacial score (nSPS) is 35.4. The Bertz CT molecular complexity index is 1100. The van der Waals surface area contributed by atoms with Crippen LogP contribution >= 0.6 is 0 Å². The van der Waals surface area contributed by atoms with Gasteiger partial charge in [0, 0.05) is 31.0 Å². The fourth-order valence-corrected chi connectivity index (χ4v) is 6.70. The van der Waals surface area contributed by atoms with E-state index in [0.29, 0.717) is 6.04 Å². The highest BCUT2D eigenvalue weighted by molar-refractivity contribution is 5.64. The van der Waals surface area contributed by atoms with Crippen molar-refractivity contribution < 1.29 is 14.6 Å². The predicted octanol–water partition coefficient (Wildman–Crippen LogP) is 3.34. The highest BCUT2D eigenvalue weighted by Crippen LogP contribution is 2.45. The van der Waals surface area contributed by atoms with Gasteiger partial charge in [-0.2, -0.15) is 0 Å². The first-order valence-electron chi connectivity index (χ1n) is 13.1. The lowest BCUT2D eigenvalue weighted by Gasteiger charge is -2.42. The molecule has 4 aliphatic rings. The number of aromatic nitrogens is 2. The zero-order valence-electron chi connectivity index (χ0n) is 20.3. The van der Waals surface area contributed by atoms with E-state index in [-0.39, 0.29) is 35.8 Å². The molecular weight excluding hydrogens is 445 g/mol. The summed E-state index contributed by atoms with van der Waals surface area (Å²) in [7, 11) is 0. The molecule has 7 nitrogen and oxygen atoms in total. The number of aliphatic hydroxyl groups excluding tert-OH is 1. The first-order valence-corrected chi connectivity index (χ1v) is 13.1. The maximum absolute atomic E-state index is 15.8. The van der Waals surface area contributed by atoms with Crippen LogP contribution in [0.5, 0.6) is 5.75 Å². The van der Waals surface area contributed by atoms with Crippen LogP contribution in [-0.2, 0) is 6.42 Å². The minimum atomic E-state index is -1.01. The monoisotopic (exact) mass is 481 g/mol. The Morgan fingerprint density at radius 2 is 2.06 bits per heavy atom. The third-order valence-corrected chi connectivity index (χ3v) is 8.76. The second kappa shape index (κ2) is 9.32. The van der Waals surface area contributed by atoms with Crippen LogP contribution in [-0.4, -0.2) is 62.5 Å². The molecule has 35 heavy (non-hydrogen) atoms. The number of imidazole rings is 1. The first-order chi connectivity index (χ1) is 17.0. The van der Waals surface area contributed by atoms with E-state index in [1.807, 2.05) is 19.2 Å². The summed E-state index contributed by atoms with van der Waals surface area (Å²) < 4.78 is 15.8. The summed E-state index contributed by atoms with van der Waals surface area (Å²) in [5.41, 5.74) is 10.9. The number of aromatic amines is 1. The van der Waals surface area contributed by atoms with Gasteiger partial charge in [0.1, 0.15) is 17.7 Å². The molecule has 2 aromatic rings. The SMILES string of the molecule is CCc1cc(O)ccc1C1CCC2C(c3ncc(C4=CCCN(C5CC(O)C5)C4)[nH]3)NNC2C1F. The number of benzene rings is 1. The Balaban J connectivity index is 1.15. The van der Waals surface area contributed by atoms with Crippen molar-refractivity contribution in [2.75, 3.05) is 13.1 Å². The Kier molecular flexibility index (Phi) is 6.16. The fourth-order valence-electron chi connectivity index (χ4n) is 6.70. The molecular formula is C27H36FN5O2. The van der Waals surface area contributed by atoms with Crippen molar-refractivity contribution >= 4 is 5.57 Å². The number of alkyl halides is 1. The zero-order valence-corrected chi connectivity index (χ0v) is 20.3. The predicted molar refractivity (Wildman–Crippen MR) is 132 cm³/mol. The minimum Gasteiger partial charge on any atom is -0.508 e. The maximum atomic E-state index is 15.8. The molecule has 1 saturated heterocycles. The van der Waals surface area contributed by atoms with E-state index in [4.69, 9.17) is 4.98 Å². The molecule has 5 atom stereocenters. The Hall–Kier alpha value is -2.26. The fraction of sp³-hybridized carbons (Fsp3) is 0.593. The Morgan fingerprint density at radius 3 is 2.86 bits per heavy atom. The van der Waals surface area contributed by atoms with Crippen LogP contribution in [0.1, 0.15) is 73.6 Å². The van der Waals surface area contributed by atoms with Gasteiger partial charge >= 0.3 is 0 Å². The van der Waals surface area contributed by atoms with Crippen LogP contribution in [0.3, 0.4) is 0 Å². The number of phenols is 1. The summed E-state index contributed by atoms with van der Waals surface area (Å²) in [6.45, 7) is 3.97. The summed E-state index contributed by atoms with van der Waals surface area (Å²) in [5, 5.41) is 19.5. The van der Waals surface area contributed by atoms with Crippen molar-refractivity contribution in [1.82, 2.24) is 25.7 Å². The number of halogens is 1. The van der Waals surface area contributed by atoms with Gasteiger partial charge in [-0.15, -0.1) is 0 Å². The van der Waals surface area contributed by atoms with E-state index in [1.165, 1.54) is 5.57 Å². The van der Waals surface area contributed by atoms with Gasteiger partial charge in [0.15, 0.2) is 0 Å². The number of rotatable bonds is 5. The molecule has 0 bridgehead atoms. The number of hydrogen-bond donors (Lipinski definition) is 5.